The first-order valence-electron chi connectivity index (χ1n) is 4.71. The minimum absolute atomic E-state index is 0.128. The zero-order valence-corrected chi connectivity index (χ0v) is 9.34. The highest BCUT2D eigenvalue weighted by molar-refractivity contribution is 6.83. The van der Waals surface area contributed by atoms with Crippen LogP contribution < -0.4 is 0 Å². The molecule has 0 spiro atoms. The van der Waals surface area contributed by atoms with Crippen LogP contribution in [0, 0.1) is 0 Å². The molecule has 2 rings (SSSR count). The number of ketones is 1. The van der Waals surface area contributed by atoms with E-state index in [-0.39, 0.29) is 11.1 Å². The van der Waals surface area contributed by atoms with Gasteiger partial charge in [-0.05, 0) is 29.8 Å². The van der Waals surface area contributed by atoms with E-state index in [9.17, 15) is 14.0 Å². The van der Waals surface area contributed by atoms with Crippen molar-refractivity contribution in [1.82, 2.24) is 4.98 Å². The van der Waals surface area contributed by atoms with Gasteiger partial charge in [0.1, 0.15) is 5.83 Å². The second-order valence-electron chi connectivity index (χ2n) is 3.47. The lowest BCUT2D eigenvalue weighted by atomic mass is 10.1. The number of H-pyrrole nitrogens is 1. The van der Waals surface area contributed by atoms with Crippen LogP contribution in [0.3, 0.4) is 0 Å². The number of benzene rings is 1. The second-order valence-corrected chi connectivity index (χ2v) is 3.81. The standard InChI is InChI=1S/C12H7ClFNO2/c1-6(14)7-2-3-10-8(4-7)9(5-15-10)11(16)12(13)17/h2-5,15H,1H2. The maximum Gasteiger partial charge on any atom is 0.293 e. The fraction of sp³-hybridized carbons (Fsp3) is 0. The van der Waals surface area contributed by atoms with Crippen molar-refractivity contribution in [1.29, 1.82) is 0 Å². The molecular weight excluding hydrogens is 245 g/mol. The predicted molar refractivity (Wildman–Crippen MR) is 63.6 cm³/mol. The molecule has 0 unspecified atom stereocenters. The summed E-state index contributed by atoms with van der Waals surface area (Å²) in [5.41, 5.74) is 1.01. The minimum atomic E-state index is -1.07. The van der Waals surface area contributed by atoms with Gasteiger partial charge in [-0.15, -0.1) is 0 Å². The molecule has 0 amide bonds. The van der Waals surface area contributed by atoms with Crippen molar-refractivity contribution in [2.75, 3.05) is 0 Å². The average molecular weight is 252 g/mol. The van der Waals surface area contributed by atoms with Crippen LogP contribution in [0.5, 0.6) is 0 Å². The van der Waals surface area contributed by atoms with E-state index in [1.54, 1.807) is 6.07 Å². The summed E-state index contributed by atoms with van der Waals surface area (Å²) in [6, 6.07) is 4.57. The fourth-order valence-corrected chi connectivity index (χ4v) is 1.68. The van der Waals surface area contributed by atoms with Crippen LogP contribution in [0.2, 0.25) is 0 Å². The summed E-state index contributed by atoms with van der Waals surface area (Å²) in [6.45, 7) is 3.17. The van der Waals surface area contributed by atoms with Crippen molar-refractivity contribution < 1.29 is 14.0 Å². The van der Waals surface area contributed by atoms with E-state index in [1.165, 1.54) is 18.3 Å². The first-order valence-corrected chi connectivity index (χ1v) is 5.08. The molecule has 1 heterocycles. The fourth-order valence-electron chi connectivity index (χ4n) is 1.58. The molecule has 0 aliphatic heterocycles. The maximum absolute atomic E-state index is 13.0. The van der Waals surface area contributed by atoms with Gasteiger partial charge in [-0.3, -0.25) is 9.59 Å². The smallest absolute Gasteiger partial charge is 0.293 e. The lowest BCUT2D eigenvalue weighted by molar-refractivity contribution is -0.108. The Balaban J connectivity index is 2.66. The first kappa shape index (κ1) is 11.5. The Morgan fingerprint density at radius 1 is 1.35 bits per heavy atom. The van der Waals surface area contributed by atoms with Crippen molar-refractivity contribution in [2.45, 2.75) is 0 Å². The molecule has 1 aromatic heterocycles. The molecule has 2 aromatic rings. The van der Waals surface area contributed by atoms with Crippen molar-refractivity contribution in [3.8, 4) is 0 Å². The van der Waals surface area contributed by atoms with Gasteiger partial charge in [-0.2, -0.15) is 0 Å². The monoisotopic (exact) mass is 251 g/mol. The molecule has 0 fully saturated rings. The number of carbonyl (C=O) groups excluding carboxylic acids is 2. The molecule has 0 aliphatic carbocycles. The molecule has 3 nitrogen and oxygen atoms in total. The van der Waals surface area contributed by atoms with Gasteiger partial charge in [0.05, 0.1) is 5.56 Å². The summed E-state index contributed by atoms with van der Waals surface area (Å²) in [4.78, 5) is 25.1. The van der Waals surface area contributed by atoms with Crippen LogP contribution in [0.1, 0.15) is 15.9 Å². The third-order valence-electron chi connectivity index (χ3n) is 2.42. The number of aromatic nitrogens is 1. The molecule has 86 valence electrons. The molecule has 0 saturated carbocycles. The Labute approximate surface area is 101 Å². The lowest BCUT2D eigenvalue weighted by Crippen LogP contribution is -2.06. The number of rotatable bonds is 3. The minimum Gasteiger partial charge on any atom is -0.360 e. The summed E-state index contributed by atoms with van der Waals surface area (Å²) in [6.07, 6.45) is 1.37. The van der Waals surface area contributed by atoms with E-state index in [0.29, 0.717) is 10.9 Å². The zero-order chi connectivity index (χ0) is 12.6. The first-order chi connectivity index (χ1) is 8.00. The second kappa shape index (κ2) is 4.14. The van der Waals surface area contributed by atoms with Crippen LogP contribution in [-0.2, 0) is 4.79 Å². The Hall–Kier alpha value is -1.94. The lowest BCUT2D eigenvalue weighted by Gasteiger charge is -1.98. The molecule has 0 aliphatic rings. The highest BCUT2D eigenvalue weighted by Crippen LogP contribution is 2.24. The number of nitrogens with one attached hydrogen (secondary N) is 1. The topological polar surface area (TPSA) is 49.9 Å². The molecule has 1 N–H and O–H groups in total. The Kier molecular flexibility index (Phi) is 2.81. The third kappa shape index (κ3) is 1.99. The van der Waals surface area contributed by atoms with Gasteiger partial charge >= 0.3 is 0 Å². The summed E-state index contributed by atoms with van der Waals surface area (Å²) < 4.78 is 13.0. The number of halogens is 2. The third-order valence-corrected chi connectivity index (χ3v) is 2.59. The summed E-state index contributed by atoms with van der Waals surface area (Å²) in [7, 11) is 0. The van der Waals surface area contributed by atoms with Crippen LogP contribution in [-0.4, -0.2) is 16.0 Å². The SMILES string of the molecule is C=C(F)c1ccc2[nH]cc(C(=O)C(=O)Cl)c2c1. The summed E-state index contributed by atoms with van der Waals surface area (Å²) in [5.74, 6) is -1.43. The summed E-state index contributed by atoms with van der Waals surface area (Å²) >= 11 is 5.13. The quantitative estimate of drug-likeness (QED) is 0.518. The van der Waals surface area contributed by atoms with Gasteiger partial charge in [0.25, 0.3) is 5.24 Å². The largest absolute Gasteiger partial charge is 0.360 e. The van der Waals surface area contributed by atoms with Gasteiger partial charge in [-0.1, -0.05) is 6.58 Å². The van der Waals surface area contributed by atoms with E-state index in [1.807, 2.05) is 0 Å². The van der Waals surface area contributed by atoms with Gasteiger partial charge in [0.2, 0.25) is 5.78 Å². The zero-order valence-electron chi connectivity index (χ0n) is 8.59. The molecule has 0 radical (unpaired) electrons. The van der Waals surface area contributed by atoms with E-state index in [4.69, 9.17) is 11.6 Å². The van der Waals surface area contributed by atoms with Gasteiger partial charge in [0, 0.05) is 22.7 Å². The molecule has 1 aromatic carbocycles. The molecule has 5 heteroatoms. The number of hydrogen-bond acceptors (Lipinski definition) is 2. The van der Waals surface area contributed by atoms with Crippen LogP contribution in [0.25, 0.3) is 16.7 Å². The van der Waals surface area contributed by atoms with E-state index in [0.717, 1.165) is 0 Å². The predicted octanol–water partition coefficient (Wildman–Crippen LogP) is 3.06. The van der Waals surface area contributed by atoms with Crippen LogP contribution in [0.4, 0.5) is 4.39 Å². The highest BCUT2D eigenvalue weighted by atomic mass is 35.5. The molecule has 0 saturated heterocycles. The van der Waals surface area contributed by atoms with Crippen molar-refractivity contribution in [2.24, 2.45) is 0 Å². The normalized spacial score (nSPS) is 10.5. The maximum atomic E-state index is 13.0. The number of carbonyl (C=O) groups is 2. The molecule has 0 bridgehead atoms. The number of hydrogen-bond donors (Lipinski definition) is 1. The number of Topliss-reactive ketones (excluding diaryl/α,β-unsaturated/α-hetero) is 1. The molecule has 0 atom stereocenters. The Morgan fingerprint density at radius 3 is 2.65 bits per heavy atom. The highest BCUT2D eigenvalue weighted by Gasteiger charge is 2.18. The van der Waals surface area contributed by atoms with Gasteiger partial charge < -0.3 is 4.98 Å². The van der Waals surface area contributed by atoms with E-state index in [2.05, 4.69) is 11.6 Å². The number of aromatic amines is 1. The van der Waals surface area contributed by atoms with E-state index < -0.39 is 16.9 Å². The van der Waals surface area contributed by atoms with Crippen molar-refractivity contribution in [3.63, 3.8) is 0 Å². The van der Waals surface area contributed by atoms with Crippen LogP contribution in [0.15, 0.2) is 31.0 Å². The van der Waals surface area contributed by atoms with E-state index >= 15 is 0 Å². The summed E-state index contributed by atoms with van der Waals surface area (Å²) in [5, 5.41) is -0.629. The number of fused-ring (bicyclic) bond motifs is 1. The molecular formula is C12H7ClFNO2. The van der Waals surface area contributed by atoms with Gasteiger partial charge in [0.15, 0.2) is 0 Å². The van der Waals surface area contributed by atoms with Crippen molar-refractivity contribution in [3.05, 3.63) is 42.1 Å². The Morgan fingerprint density at radius 2 is 2.06 bits per heavy atom. The average Bonchev–Trinajstić information content (AvgIpc) is 2.70. The molecule has 17 heavy (non-hydrogen) atoms. The van der Waals surface area contributed by atoms with Crippen LogP contribution >= 0.6 is 11.6 Å². The Bertz CT molecular complexity index is 645. The van der Waals surface area contributed by atoms with Crippen molar-refractivity contribution >= 4 is 39.4 Å². The van der Waals surface area contributed by atoms with Gasteiger partial charge in [-0.25, -0.2) is 4.39 Å².